The van der Waals surface area contributed by atoms with Gasteiger partial charge in [0.1, 0.15) is 18.2 Å². The topological polar surface area (TPSA) is 60.0 Å². The number of hydrogen-bond donors (Lipinski definition) is 1. The Kier molecular flexibility index (Phi) is 8.66. The maximum absolute atomic E-state index is 14.7. The molecule has 1 aliphatic rings. The van der Waals surface area contributed by atoms with Crippen LogP contribution >= 0.6 is 11.6 Å². The molecule has 2 aromatic carbocycles. The van der Waals surface area contributed by atoms with E-state index in [9.17, 15) is 9.18 Å². The van der Waals surface area contributed by atoms with Crippen LogP contribution < -0.4 is 10.1 Å². The second kappa shape index (κ2) is 11.4. The summed E-state index contributed by atoms with van der Waals surface area (Å²) in [4.78, 5) is 14.9. The summed E-state index contributed by atoms with van der Waals surface area (Å²) in [6, 6.07) is 11.1. The number of ether oxygens (including phenoxy) is 3. The Morgan fingerprint density at radius 2 is 2.13 bits per heavy atom. The monoisotopic (exact) mass is 450 g/mol. The molecule has 1 aliphatic heterocycles. The minimum Gasteiger partial charge on any atom is -0.491 e. The van der Waals surface area contributed by atoms with E-state index in [-0.39, 0.29) is 24.4 Å². The molecule has 1 heterocycles. The Morgan fingerprint density at radius 3 is 2.87 bits per heavy atom. The molecule has 31 heavy (non-hydrogen) atoms. The molecule has 0 aliphatic carbocycles. The number of carbonyl (C=O) groups excluding carboxylic acids is 1. The smallest absolute Gasteiger partial charge is 0.251 e. The molecule has 1 fully saturated rings. The van der Waals surface area contributed by atoms with Crippen molar-refractivity contribution in [3.8, 4) is 5.75 Å². The number of methoxy groups -OCH3 is 1. The summed E-state index contributed by atoms with van der Waals surface area (Å²) in [7, 11) is 1.60. The van der Waals surface area contributed by atoms with Crippen LogP contribution in [0.2, 0.25) is 5.02 Å². The zero-order valence-corrected chi connectivity index (χ0v) is 18.5. The standard InChI is InChI=1S/C23H28ClFN2O4/c1-16-15-27(9-10-30-16)21(22-19(24)7-4-8-20(22)25)14-26-23(28)17-5-3-6-18(13-17)31-12-11-29-2/h3-8,13,16,21H,9-12,14-15H2,1-2H3,(H,26,28). The van der Waals surface area contributed by atoms with Crippen molar-refractivity contribution < 1.29 is 23.4 Å². The predicted molar refractivity (Wildman–Crippen MR) is 117 cm³/mol. The van der Waals surface area contributed by atoms with Crippen LogP contribution in [0.25, 0.3) is 0 Å². The average Bonchev–Trinajstić information content (AvgIpc) is 2.76. The zero-order chi connectivity index (χ0) is 22.2. The lowest BCUT2D eigenvalue weighted by Crippen LogP contribution is -2.47. The molecule has 0 aromatic heterocycles. The number of nitrogens with zero attached hydrogens (tertiary/aromatic N) is 1. The fraction of sp³-hybridized carbons (Fsp3) is 0.435. The molecule has 0 saturated carbocycles. The van der Waals surface area contributed by atoms with Gasteiger partial charge < -0.3 is 19.5 Å². The van der Waals surface area contributed by atoms with E-state index < -0.39 is 6.04 Å². The van der Waals surface area contributed by atoms with Crippen molar-refractivity contribution in [2.45, 2.75) is 19.1 Å². The Balaban J connectivity index is 1.74. The van der Waals surface area contributed by atoms with Crippen LogP contribution in [0.4, 0.5) is 4.39 Å². The molecular weight excluding hydrogens is 423 g/mol. The van der Waals surface area contributed by atoms with Gasteiger partial charge in [0.2, 0.25) is 0 Å². The quantitative estimate of drug-likeness (QED) is 0.590. The van der Waals surface area contributed by atoms with Crippen LogP contribution in [0.15, 0.2) is 42.5 Å². The summed E-state index contributed by atoms with van der Waals surface area (Å²) < 4.78 is 30.9. The van der Waals surface area contributed by atoms with Gasteiger partial charge in [-0.15, -0.1) is 0 Å². The van der Waals surface area contributed by atoms with Gasteiger partial charge in [0.15, 0.2) is 0 Å². The number of amides is 1. The van der Waals surface area contributed by atoms with Gasteiger partial charge in [-0.1, -0.05) is 23.7 Å². The lowest BCUT2D eigenvalue weighted by Gasteiger charge is -2.38. The molecule has 2 aromatic rings. The number of benzene rings is 2. The molecule has 8 heteroatoms. The molecular formula is C23H28ClFN2O4. The van der Waals surface area contributed by atoms with E-state index in [1.807, 2.05) is 6.92 Å². The second-order valence-corrected chi connectivity index (χ2v) is 7.81. The third kappa shape index (κ3) is 6.40. The average molecular weight is 451 g/mol. The lowest BCUT2D eigenvalue weighted by molar-refractivity contribution is -0.0346. The molecule has 0 radical (unpaired) electrons. The van der Waals surface area contributed by atoms with Gasteiger partial charge in [0.25, 0.3) is 5.91 Å². The highest BCUT2D eigenvalue weighted by Crippen LogP contribution is 2.31. The number of halogens is 2. The van der Waals surface area contributed by atoms with E-state index in [0.717, 1.165) is 0 Å². The third-order valence-corrected chi connectivity index (χ3v) is 5.48. The van der Waals surface area contributed by atoms with Crippen molar-refractivity contribution >= 4 is 17.5 Å². The Hall–Kier alpha value is -2.19. The molecule has 0 bridgehead atoms. The predicted octanol–water partition coefficient (Wildman–Crippen LogP) is 3.70. The fourth-order valence-electron chi connectivity index (χ4n) is 3.63. The highest BCUT2D eigenvalue weighted by Gasteiger charge is 2.29. The highest BCUT2D eigenvalue weighted by molar-refractivity contribution is 6.31. The van der Waals surface area contributed by atoms with Crippen LogP contribution in [0, 0.1) is 5.82 Å². The van der Waals surface area contributed by atoms with Crippen LogP contribution in [-0.2, 0) is 9.47 Å². The van der Waals surface area contributed by atoms with E-state index in [1.54, 1.807) is 43.5 Å². The van der Waals surface area contributed by atoms with Crippen LogP contribution in [0.3, 0.4) is 0 Å². The number of morpholine rings is 1. The Bertz CT molecular complexity index is 862. The fourth-order valence-corrected chi connectivity index (χ4v) is 3.92. The van der Waals surface area contributed by atoms with Gasteiger partial charge in [0, 0.05) is 42.9 Å². The van der Waals surface area contributed by atoms with Gasteiger partial charge in [0.05, 0.1) is 25.4 Å². The molecule has 168 valence electrons. The molecule has 3 rings (SSSR count). The van der Waals surface area contributed by atoms with Gasteiger partial charge in [-0.2, -0.15) is 0 Å². The maximum Gasteiger partial charge on any atom is 0.251 e. The van der Waals surface area contributed by atoms with E-state index in [2.05, 4.69) is 10.2 Å². The molecule has 2 atom stereocenters. The summed E-state index contributed by atoms with van der Waals surface area (Å²) in [6.07, 6.45) is 0.0124. The first kappa shape index (κ1) is 23.5. The van der Waals surface area contributed by atoms with E-state index in [4.69, 9.17) is 25.8 Å². The van der Waals surface area contributed by atoms with Crippen LogP contribution in [0.1, 0.15) is 28.9 Å². The van der Waals surface area contributed by atoms with Crippen molar-refractivity contribution in [2.75, 3.05) is 46.6 Å². The van der Waals surface area contributed by atoms with Crippen LogP contribution in [-0.4, -0.2) is 63.5 Å². The first-order chi connectivity index (χ1) is 15.0. The van der Waals surface area contributed by atoms with Gasteiger partial charge in [-0.3, -0.25) is 9.69 Å². The van der Waals surface area contributed by atoms with Crippen LogP contribution in [0.5, 0.6) is 5.75 Å². The molecule has 1 N–H and O–H groups in total. The number of hydrogen-bond acceptors (Lipinski definition) is 5. The molecule has 1 amide bonds. The highest BCUT2D eigenvalue weighted by atomic mass is 35.5. The summed E-state index contributed by atoms with van der Waals surface area (Å²) in [5.74, 6) is -0.0733. The van der Waals surface area contributed by atoms with Crippen molar-refractivity contribution in [2.24, 2.45) is 0 Å². The molecule has 2 unspecified atom stereocenters. The van der Waals surface area contributed by atoms with Gasteiger partial charge in [-0.25, -0.2) is 4.39 Å². The second-order valence-electron chi connectivity index (χ2n) is 7.41. The molecule has 1 saturated heterocycles. The molecule has 0 spiro atoms. The first-order valence-electron chi connectivity index (χ1n) is 10.3. The van der Waals surface area contributed by atoms with Gasteiger partial charge >= 0.3 is 0 Å². The maximum atomic E-state index is 14.7. The van der Waals surface area contributed by atoms with Crippen molar-refractivity contribution in [1.82, 2.24) is 10.2 Å². The first-order valence-corrected chi connectivity index (χ1v) is 10.7. The van der Waals surface area contributed by atoms with Gasteiger partial charge in [-0.05, 0) is 37.3 Å². The van der Waals surface area contributed by atoms with E-state index in [1.165, 1.54) is 6.07 Å². The normalized spacial score (nSPS) is 17.9. The number of rotatable bonds is 9. The molecule has 6 nitrogen and oxygen atoms in total. The summed E-state index contributed by atoms with van der Waals surface area (Å²) in [5, 5.41) is 3.27. The summed E-state index contributed by atoms with van der Waals surface area (Å²) >= 11 is 6.36. The zero-order valence-electron chi connectivity index (χ0n) is 17.8. The third-order valence-electron chi connectivity index (χ3n) is 5.15. The SMILES string of the molecule is COCCOc1cccc(C(=O)NCC(c2c(F)cccc2Cl)N2CCOC(C)C2)c1. The minimum atomic E-state index is -0.412. The minimum absolute atomic E-state index is 0.0124. The van der Waals surface area contributed by atoms with E-state index in [0.29, 0.717) is 54.8 Å². The Morgan fingerprint density at radius 1 is 1.32 bits per heavy atom. The van der Waals surface area contributed by atoms with E-state index >= 15 is 0 Å². The summed E-state index contributed by atoms with van der Waals surface area (Å²) in [6.45, 7) is 4.82. The van der Waals surface area contributed by atoms with Crippen molar-refractivity contribution in [3.05, 3.63) is 64.4 Å². The summed E-state index contributed by atoms with van der Waals surface area (Å²) in [5.41, 5.74) is 0.846. The Labute approximate surface area is 187 Å². The van der Waals surface area contributed by atoms with Crippen molar-refractivity contribution in [1.29, 1.82) is 0 Å². The largest absolute Gasteiger partial charge is 0.491 e. The number of carbonyl (C=O) groups is 1. The lowest BCUT2D eigenvalue weighted by atomic mass is 10.0. The number of nitrogens with one attached hydrogen (secondary N) is 1. The van der Waals surface area contributed by atoms with Crippen molar-refractivity contribution in [3.63, 3.8) is 0 Å².